The van der Waals surface area contributed by atoms with Crippen LogP contribution < -0.4 is 0 Å². The molecule has 0 atom stereocenters. The molecule has 0 fully saturated rings. The van der Waals surface area contributed by atoms with Gasteiger partial charge in [0.25, 0.3) is 0 Å². The average Bonchev–Trinajstić information content (AvgIpc) is 2.19. The van der Waals surface area contributed by atoms with Crippen molar-refractivity contribution in [1.29, 1.82) is 0 Å². The Kier molecular flexibility index (Phi) is 4.93. The number of rotatable bonds is 4. The third-order valence-electron chi connectivity index (χ3n) is 2.40. The van der Waals surface area contributed by atoms with Crippen LogP contribution in [-0.2, 0) is 0 Å². The Labute approximate surface area is 107 Å². The number of pyridine rings is 1. The largest absolute Gasteiger partial charge is 0.292 e. The maximum Gasteiger partial charge on any atom is 0.185 e. The summed E-state index contributed by atoms with van der Waals surface area (Å²) in [7, 11) is 0. The summed E-state index contributed by atoms with van der Waals surface area (Å²) in [6.45, 7) is 4.05. The number of aromatic nitrogens is 1. The van der Waals surface area contributed by atoms with E-state index in [0.717, 1.165) is 21.8 Å². The van der Waals surface area contributed by atoms with Gasteiger partial charge in [-0.1, -0.05) is 13.8 Å². The highest BCUT2D eigenvalue weighted by atomic mass is 79.9. The fourth-order valence-electron chi connectivity index (χ4n) is 1.45. The Morgan fingerprint density at radius 3 is 2.47 bits per heavy atom. The topological polar surface area (TPSA) is 30.0 Å². The van der Waals surface area contributed by atoms with Crippen LogP contribution >= 0.6 is 31.9 Å². The van der Waals surface area contributed by atoms with E-state index in [1.807, 2.05) is 19.9 Å². The van der Waals surface area contributed by atoms with Crippen molar-refractivity contribution in [2.24, 2.45) is 5.92 Å². The van der Waals surface area contributed by atoms with Crippen molar-refractivity contribution in [3.63, 3.8) is 0 Å². The summed E-state index contributed by atoms with van der Waals surface area (Å²) in [5.41, 5.74) is 0.534. The molecule has 1 aromatic heterocycles. The molecule has 2 nitrogen and oxygen atoms in total. The smallest absolute Gasteiger partial charge is 0.185 e. The Hall–Kier alpha value is -0.220. The molecule has 0 N–H and O–H groups in total. The van der Waals surface area contributed by atoms with Crippen LogP contribution in [0.4, 0.5) is 0 Å². The maximum absolute atomic E-state index is 12.0. The minimum Gasteiger partial charge on any atom is -0.292 e. The van der Waals surface area contributed by atoms with Crippen molar-refractivity contribution in [3.05, 3.63) is 26.9 Å². The predicted octanol–water partition coefficient (Wildman–Crippen LogP) is 4.23. The van der Waals surface area contributed by atoms with Crippen molar-refractivity contribution in [2.75, 3.05) is 0 Å². The molecule has 1 rings (SSSR count). The van der Waals surface area contributed by atoms with Gasteiger partial charge in [-0.05, 0) is 50.8 Å². The highest BCUT2D eigenvalue weighted by Crippen LogP contribution is 2.23. The van der Waals surface area contributed by atoms with E-state index < -0.39 is 0 Å². The third kappa shape index (κ3) is 3.11. The molecule has 0 unspecified atom stereocenters. The molecule has 0 aromatic carbocycles. The fraction of sp³-hybridized carbons (Fsp3) is 0.455. The van der Waals surface area contributed by atoms with Gasteiger partial charge in [0.2, 0.25) is 0 Å². The third-order valence-corrected chi connectivity index (χ3v) is 3.44. The van der Waals surface area contributed by atoms with E-state index in [2.05, 4.69) is 36.8 Å². The number of Topliss-reactive ketones (excluding diaryl/α,β-unsaturated/α-hetero) is 1. The first-order chi connectivity index (χ1) is 7.10. The van der Waals surface area contributed by atoms with E-state index in [4.69, 9.17) is 0 Å². The van der Waals surface area contributed by atoms with Crippen LogP contribution in [0.15, 0.2) is 21.2 Å². The van der Waals surface area contributed by atoms with Gasteiger partial charge < -0.3 is 0 Å². The van der Waals surface area contributed by atoms with Crippen LogP contribution in [0.5, 0.6) is 0 Å². The molecule has 0 aliphatic heterocycles. The summed E-state index contributed by atoms with van der Waals surface area (Å²) in [5, 5.41) is 0. The second kappa shape index (κ2) is 5.75. The first kappa shape index (κ1) is 12.8. The molecule has 0 spiro atoms. The summed E-state index contributed by atoms with van der Waals surface area (Å²) in [5.74, 6) is 0.203. The van der Waals surface area contributed by atoms with E-state index in [-0.39, 0.29) is 11.7 Å². The first-order valence-corrected chi connectivity index (χ1v) is 6.54. The lowest BCUT2D eigenvalue weighted by molar-refractivity contribution is 0.0907. The normalized spacial score (nSPS) is 10.7. The zero-order valence-corrected chi connectivity index (χ0v) is 11.9. The molecular formula is C11H13Br2NO. The molecule has 0 aliphatic rings. The number of hydrogen-bond acceptors (Lipinski definition) is 2. The van der Waals surface area contributed by atoms with Crippen LogP contribution in [-0.4, -0.2) is 10.8 Å². The summed E-state index contributed by atoms with van der Waals surface area (Å²) in [6, 6.07) is 1.85. The van der Waals surface area contributed by atoms with Crippen LogP contribution in [0.1, 0.15) is 37.2 Å². The van der Waals surface area contributed by atoms with Gasteiger partial charge in [0.1, 0.15) is 5.69 Å². The lowest BCUT2D eigenvalue weighted by Gasteiger charge is -2.11. The van der Waals surface area contributed by atoms with Gasteiger partial charge in [0, 0.05) is 21.1 Å². The maximum atomic E-state index is 12.0. The number of halogens is 2. The lowest BCUT2D eigenvalue weighted by atomic mass is 9.96. The molecule has 0 aliphatic carbocycles. The van der Waals surface area contributed by atoms with Crippen molar-refractivity contribution >= 4 is 37.6 Å². The Bertz CT molecular complexity index is 362. The summed E-state index contributed by atoms with van der Waals surface area (Å²) in [4.78, 5) is 16.2. The van der Waals surface area contributed by atoms with E-state index in [1.54, 1.807) is 6.20 Å². The molecular weight excluding hydrogens is 322 g/mol. The number of carbonyl (C=O) groups is 1. The molecule has 0 amide bonds. The summed E-state index contributed by atoms with van der Waals surface area (Å²) < 4.78 is 1.63. The predicted molar refractivity (Wildman–Crippen MR) is 68.0 cm³/mol. The number of ketones is 1. The Balaban J connectivity index is 3.00. The molecule has 1 heterocycles. The van der Waals surface area contributed by atoms with Crippen molar-refractivity contribution in [2.45, 2.75) is 26.7 Å². The molecule has 0 bridgehead atoms. The molecule has 0 radical (unpaired) electrons. The minimum absolute atomic E-state index is 0.0787. The average molecular weight is 335 g/mol. The number of carbonyl (C=O) groups excluding carboxylic acids is 1. The Morgan fingerprint density at radius 2 is 2.00 bits per heavy atom. The molecule has 0 saturated carbocycles. The monoisotopic (exact) mass is 333 g/mol. The van der Waals surface area contributed by atoms with Gasteiger partial charge in [-0.25, -0.2) is 0 Å². The number of hydrogen-bond donors (Lipinski definition) is 0. The van der Waals surface area contributed by atoms with Crippen molar-refractivity contribution < 1.29 is 4.79 Å². The van der Waals surface area contributed by atoms with Crippen molar-refractivity contribution in [3.8, 4) is 0 Å². The highest BCUT2D eigenvalue weighted by Gasteiger charge is 2.19. The standard InChI is InChI=1S/C11H13Br2NO/c1-3-7(4-2)11(15)10-9(13)5-8(12)6-14-10/h5-7H,3-4H2,1-2H3. The summed E-state index contributed by atoms with van der Waals surface area (Å²) >= 11 is 6.67. The minimum atomic E-state index is 0.0787. The van der Waals surface area contributed by atoms with Gasteiger partial charge in [0.05, 0.1) is 0 Å². The van der Waals surface area contributed by atoms with Gasteiger partial charge in [-0.2, -0.15) is 0 Å². The van der Waals surface area contributed by atoms with Gasteiger partial charge in [-0.3, -0.25) is 9.78 Å². The SMILES string of the molecule is CCC(CC)C(=O)c1ncc(Br)cc1Br. The molecule has 0 saturated heterocycles. The fourth-order valence-corrected chi connectivity index (χ4v) is 2.63. The van der Waals surface area contributed by atoms with E-state index in [9.17, 15) is 4.79 Å². The highest BCUT2D eigenvalue weighted by molar-refractivity contribution is 9.11. The van der Waals surface area contributed by atoms with E-state index in [0.29, 0.717) is 5.69 Å². The van der Waals surface area contributed by atoms with Crippen LogP contribution in [0.2, 0.25) is 0 Å². The zero-order valence-electron chi connectivity index (χ0n) is 8.76. The van der Waals surface area contributed by atoms with Crippen LogP contribution in [0, 0.1) is 5.92 Å². The van der Waals surface area contributed by atoms with Crippen LogP contribution in [0.25, 0.3) is 0 Å². The second-order valence-electron chi connectivity index (χ2n) is 3.36. The molecule has 15 heavy (non-hydrogen) atoms. The van der Waals surface area contributed by atoms with Crippen molar-refractivity contribution in [1.82, 2.24) is 4.98 Å². The molecule has 4 heteroatoms. The second-order valence-corrected chi connectivity index (χ2v) is 5.13. The molecule has 1 aromatic rings. The van der Waals surface area contributed by atoms with E-state index in [1.165, 1.54) is 0 Å². The Morgan fingerprint density at radius 1 is 1.40 bits per heavy atom. The van der Waals surface area contributed by atoms with Gasteiger partial charge in [0.15, 0.2) is 5.78 Å². The number of nitrogens with zero attached hydrogens (tertiary/aromatic N) is 1. The first-order valence-electron chi connectivity index (χ1n) is 4.95. The van der Waals surface area contributed by atoms with Crippen LogP contribution in [0.3, 0.4) is 0 Å². The van der Waals surface area contributed by atoms with Gasteiger partial charge in [-0.15, -0.1) is 0 Å². The molecule has 82 valence electrons. The lowest BCUT2D eigenvalue weighted by Crippen LogP contribution is -2.15. The van der Waals surface area contributed by atoms with E-state index >= 15 is 0 Å². The van der Waals surface area contributed by atoms with Gasteiger partial charge >= 0.3 is 0 Å². The summed E-state index contributed by atoms with van der Waals surface area (Å²) in [6.07, 6.45) is 3.37. The zero-order chi connectivity index (χ0) is 11.4. The quantitative estimate of drug-likeness (QED) is 0.771.